The normalized spacial score (nSPS) is 28.1. The van der Waals surface area contributed by atoms with Crippen molar-refractivity contribution >= 4 is 11.6 Å². The molecule has 102 valence electrons. The first-order valence-corrected chi connectivity index (χ1v) is 7.01. The molecule has 0 aromatic carbocycles. The van der Waals surface area contributed by atoms with Gasteiger partial charge in [0, 0.05) is 12.1 Å². The molecule has 0 radical (unpaired) electrons. The summed E-state index contributed by atoms with van der Waals surface area (Å²) in [6, 6.07) is 0. The number of rotatable bonds is 5. The maximum absolute atomic E-state index is 9.80. The smallest absolute Gasteiger partial charge is 0.0898 e. The Balaban J connectivity index is 2.16. The van der Waals surface area contributed by atoms with Crippen molar-refractivity contribution in [1.82, 2.24) is 5.32 Å². The van der Waals surface area contributed by atoms with Gasteiger partial charge in [0.25, 0.3) is 0 Å². The van der Waals surface area contributed by atoms with Gasteiger partial charge in [-0.25, -0.2) is 0 Å². The van der Waals surface area contributed by atoms with Crippen molar-refractivity contribution in [2.24, 2.45) is 0 Å². The third-order valence-electron chi connectivity index (χ3n) is 2.99. The predicted molar refractivity (Wildman–Crippen MR) is 71.6 cm³/mol. The highest BCUT2D eigenvalue weighted by Gasteiger charge is 2.24. The van der Waals surface area contributed by atoms with Gasteiger partial charge in [-0.2, -0.15) is 0 Å². The lowest BCUT2D eigenvalue weighted by Gasteiger charge is -2.29. The molecule has 0 heterocycles. The molecule has 0 aromatic heterocycles. The van der Waals surface area contributed by atoms with E-state index in [0.717, 1.165) is 12.8 Å². The quantitative estimate of drug-likeness (QED) is 0.748. The molecule has 4 heteroatoms. The van der Waals surface area contributed by atoms with Gasteiger partial charge in [-0.3, -0.25) is 0 Å². The van der Waals surface area contributed by atoms with Crippen molar-refractivity contribution in [2.45, 2.75) is 69.6 Å². The predicted octanol–water partition coefficient (Wildman–Crippen LogP) is 2.30. The highest BCUT2D eigenvalue weighted by molar-refractivity contribution is 6.21. The van der Waals surface area contributed by atoms with Crippen LogP contribution in [0.4, 0.5) is 0 Å². The van der Waals surface area contributed by atoms with E-state index in [-0.39, 0.29) is 17.0 Å². The van der Waals surface area contributed by atoms with Crippen molar-refractivity contribution in [3.8, 4) is 0 Å². The first kappa shape index (κ1) is 15.2. The molecule has 17 heavy (non-hydrogen) atoms. The first-order chi connectivity index (χ1) is 7.88. The zero-order valence-electron chi connectivity index (χ0n) is 11.2. The average Bonchev–Trinajstić information content (AvgIpc) is 2.24. The molecule has 1 aliphatic rings. The SMILES string of the molecule is CC(C)(C)NC[C@H](O)COC1CCCCC1Cl. The summed E-state index contributed by atoms with van der Waals surface area (Å²) in [6.45, 7) is 7.17. The van der Waals surface area contributed by atoms with Crippen LogP contribution in [0.15, 0.2) is 0 Å². The second-order valence-corrected chi connectivity index (χ2v) is 6.52. The average molecular weight is 264 g/mol. The van der Waals surface area contributed by atoms with Crippen molar-refractivity contribution in [2.75, 3.05) is 13.2 Å². The summed E-state index contributed by atoms with van der Waals surface area (Å²) in [7, 11) is 0. The molecule has 0 amide bonds. The molecule has 0 spiro atoms. The summed E-state index contributed by atoms with van der Waals surface area (Å²) in [6.07, 6.45) is 4.09. The lowest BCUT2D eigenvalue weighted by molar-refractivity contribution is -0.0223. The fraction of sp³-hybridized carbons (Fsp3) is 1.00. The number of aliphatic hydroxyl groups is 1. The standard InChI is InChI=1S/C13H26ClNO2/c1-13(2,3)15-8-10(16)9-17-12-7-5-4-6-11(12)14/h10-12,15-16H,4-9H2,1-3H3/t10-,11?,12?/m0/s1. The van der Waals surface area contributed by atoms with E-state index in [9.17, 15) is 5.11 Å². The fourth-order valence-corrected chi connectivity index (χ4v) is 2.31. The largest absolute Gasteiger partial charge is 0.389 e. The molecule has 0 saturated heterocycles. The second-order valence-electron chi connectivity index (χ2n) is 5.96. The summed E-state index contributed by atoms with van der Waals surface area (Å²) >= 11 is 6.19. The number of alkyl halides is 1. The number of nitrogens with one attached hydrogen (secondary N) is 1. The van der Waals surface area contributed by atoms with Crippen molar-refractivity contribution in [1.29, 1.82) is 0 Å². The number of ether oxygens (including phenoxy) is 1. The second kappa shape index (κ2) is 6.93. The number of hydrogen-bond donors (Lipinski definition) is 2. The minimum absolute atomic E-state index is 0.0286. The van der Waals surface area contributed by atoms with Crippen molar-refractivity contribution < 1.29 is 9.84 Å². The number of hydrogen-bond acceptors (Lipinski definition) is 3. The number of β-amino-alcohol motifs (C(OH)–C–C–N with tert-alkyl or cyclic N) is 1. The summed E-state index contributed by atoms with van der Waals surface area (Å²) in [5.74, 6) is 0. The van der Waals surface area contributed by atoms with Gasteiger partial charge in [0.2, 0.25) is 0 Å². The van der Waals surface area contributed by atoms with E-state index in [0.29, 0.717) is 13.2 Å². The Morgan fingerprint density at radius 2 is 2.00 bits per heavy atom. The topological polar surface area (TPSA) is 41.5 Å². The first-order valence-electron chi connectivity index (χ1n) is 6.57. The van der Waals surface area contributed by atoms with Crippen LogP contribution in [-0.2, 0) is 4.74 Å². The van der Waals surface area contributed by atoms with E-state index >= 15 is 0 Å². The van der Waals surface area contributed by atoms with Crippen LogP contribution in [0.3, 0.4) is 0 Å². The maximum atomic E-state index is 9.80. The van der Waals surface area contributed by atoms with Gasteiger partial charge in [-0.1, -0.05) is 12.8 Å². The maximum Gasteiger partial charge on any atom is 0.0898 e. The Hall–Kier alpha value is 0.170. The van der Waals surface area contributed by atoms with Gasteiger partial charge in [0.1, 0.15) is 0 Å². The number of aliphatic hydroxyl groups excluding tert-OH is 1. The lowest BCUT2D eigenvalue weighted by Crippen LogP contribution is -2.43. The van der Waals surface area contributed by atoms with E-state index in [1.54, 1.807) is 0 Å². The van der Waals surface area contributed by atoms with E-state index in [2.05, 4.69) is 26.1 Å². The molecule has 1 saturated carbocycles. The van der Waals surface area contributed by atoms with Crippen LogP contribution in [0, 0.1) is 0 Å². The van der Waals surface area contributed by atoms with Crippen LogP contribution >= 0.6 is 11.6 Å². The Kier molecular flexibility index (Phi) is 6.21. The molecule has 2 N–H and O–H groups in total. The zero-order valence-corrected chi connectivity index (χ0v) is 12.0. The van der Waals surface area contributed by atoms with Crippen LogP contribution in [0.5, 0.6) is 0 Å². The summed E-state index contributed by atoms with van der Waals surface area (Å²) in [5, 5.41) is 13.2. The van der Waals surface area contributed by atoms with E-state index in [1.807, 2.05) is 0 Å². The van der Waals surface area contributed by atoms with Crippen molar-refractivity contribution in [3.05, 3.63) is 0 Å². The Morgan fingerprint density at radius 1 is 1.35 bits per heavy atom. The summed E-state index contributed by atoms with van der Waals surface area (Å²) in [5.41, 5.74) is 0.0286. The minimum Gasteiger partial charge on any atom is -0.389 e. The van der Waals surface area contributed by atoms with Crippen LogP contribution in [0.2, 0.25) is 0 Å². The van der Waals surface area contributed by atoms with Crippen molar-refractivity contribution in [3.63, 3.8) is 0 Å². The molecule has 3 nitrogen and oxygen atoms in total. The molecule has 0 bridgehead atoms. The minimum atomic E-state index is -0.458. The van der Waals surface area contributed by atoms with E-state index in [4.69, 9.17) is 16.3 Å². The highest BCUT2D eigenvalue weighted by Crippen LogP contribution is 2.25. The lowest BCUT2D eigenvalue weighted by atomic mass is 9.97. The van der Waals surface area contributed by atoms with Gasteiger partial charge >= 0.3 is 0 Å². The summed E-state index contributed by atoms with van der Waals surface area (Å²) < 4.78 is 5.70. The van der Waals surface area contributed by atoms with E-state index in [1.165, 1.54) is 12.8 Å². The van der Waals surface area contributed by atoms with Crippen LogP contribution in [0.25, 0.3) is 0 Å². The van der Waals surface area contributed by atoms with Gasteiger partial charge < -0.3 is 15.2 Å². The van der Waals surface area contributed by atoms with Crippen LogP contribution in [-0.4, -0.2) is 41.4 Å². The van der Waals surface area contributed by atoms with Crippen LogP contribution < -0.4 is 5.32 Å². The summed E-state index contributed by atoms with van der Waals surface area (Å²) in [4.78, 5) is 0. The molecule has 0 aliphatic heterocycles. The van der Waals surface area contributed by atoms with Gasteiger partial charge in [-0.15, -0.1) is 11.6 Å². The molecule has 2 unspecified atom stereocenters. The molecular formula is C13H26ClNO2. The fourth-order valence-electron chi connectivity index (χ4n) is 1.96. The third kappa shape index (κ3) is 6.61. The Bertz CT molecular complexity index is 218. The molecule has 3 atom stereocenters. The van der Waals surface area contributed by atoms with Gasteiger partial charge in [-0.05, 0) is 33.6 Å². The highest BCUT2D eigenvalue weighted by atomic mass is 35.5. The van der Waals surface area contributed by atoms with E-state index < -0.39 is 6.10 Å². The Labute approximate surface area is 110 Å². The molecule has 0 aromatic rings. The monoisotopic (exact) mass is 263 g/mol. The third-order valence-corrected chi connectivity index (χ3v) is 3.49. The number of halogens is 1. The molecule has 1 rings (SSSR count). The molecule has 1 aliphatic carbocycles. The van der Waals surface area contributed by atoms with Gasteiger partial charge in [0.05, 0.1) is 24.2 Å². The zero-order chi connectivity index (χ0) is 12.9. The molecular weight excluding hydrogens is 238 g/mol. The van der Waals surface area contributed by atoms with Crippen LogP contribution in [0.1, 0.15) is 46.5 Å². The van der Waals surface area contributed by atoms with Gasteiger partial charge in [0.15, 0.2) is 0 Å². The molecule has 1 fully saturated rings. The Morgan fingerprint density at radius 3 is 2.59 bits per heavy atom.